The molecule has 2 aromatic rings. The first-order chi connectivity index (χ1) is 12.0. The Morgan fingerprint density at radius 1 is 1.48 bits per heavy atom. The number of H-pyrrole nitrogens is 1. The standard InChI is InChI=1S/C18H21N5O2/c1-4-17(24)23-10-14(11-23)22(3)16-7-12(9-21-18(16)25)15-8-13(19-2)5-6-20-15/h4-9,14H,1,10-11H2,2-3H3,(H,19,20)(H,21,25). The molecule has 0 saturated carbocycles. The highest BCUT2D eigenvalue weighted by Gasteiger charge is 2.33. The van der Waals surface area contributed by atoms with Gasteiger partial charge in [-0.15, -0.1) is 0 Å². The van der Waals surface area contributed by atoms with E-state index in [2.05, 4.69) is 21.9 Å². The number of nitrogens with zero attached hydrogens (tertiary/aromatic N) is 3. The molecule has 0 atom stereocenters. The fraction of sp³-hybridized carbons (Fsp3) is 0.278. The van der Waals surface area contributed by atoms with E-state index in [1.165, 1.54) is 6.08 Å². The van der Waals surface area contributed by atoms with E-state index < -0.39 is 0 Å². The van der Waals surface area contributed by atoms with E-state index in [-0.39, 0.29) is 17.5 Å². The van der Waals surface area contributed by atoms with Gasteiger partial charge in [-0.25, -0.2) is 0 Å². The molecule has 25 heavy (non-hydrogen) atoms. The van der Waals surface area contributed by atoms with Gasteiger partial charge in [-0.2, -0.15) is 0 Å². The average Bonchev–Trinajstić information content (AvgIpc) is 2.60. The van der Waals surface area contributed by atoms with Gasteiger partial charge in [0.1, 0.15) is 5.69 Å². The molecule has 0 spiro atoms. The molecule has 1 fully saturated rings. The molecule has 1 aliphatic rings. The van der Waals surface area contributed by atoms with Crippen molar-refractivity contribution >= 4 is 17.3 Å². The van der Waals surface area contributed by atoms with E-state index in [0.717, 1.165) is 16.9 Å². The minimum atomic E-state index is -0.162. The van der Waals surface area contributed by atoms with Crippen molar-refractivity contribution in [3.63, 3.8) is 0 Å². The first-order valence-electron chi connectivity index (χ1n) is 8.04. The van der Waals surface area contributed by atoms with Crippen LogP contribution in [0.3, 0.4) is 0 Å². The second kappa shape index (κ2) is 6.80. The van der Waals surface area contributed by atoms with Crippen LogP contribution in [0.1, 0.15) is 0 Å². The van der Waals surface area contributed by atoms with Crippen LogP contribution in [0.5, 0.6) is 0 Å². The molecule has 0 radical (unpaired) electrons. The molecule has 2 N–H and O–H groups in total. The van der Waals surface area contributed by atoms with Gasteiger partial charge in [0.15, 0.2) is 0 Å². The minimum Gasteiger partial charge on any atom is -0.388 e. The smallest absolute Gasteiger partial charge is 0.271 e. The van der Waals surface area contributed by atoms with E-state index in [4.69, 9.17) is 0 Å². The Hall–Kier alpha value is -3.09. The number of pyridine rings is 2. The van der Waals surface area contributed by atoms with Gasteiger partial charge in [0.25, 0.3) is 5.56 Å². The van der Waals surface area contributed by atoms with Crippen LogP contribution in [-0.4, -0.2) is 54.0 Å². The van der Waals surface area contributed by atoms with E-state index in [1.54, 1.807) is 17.3 Å². The number of likely N-dealkylation sites (N-methyl/N-ethyl adjacent to an activating group) is 1. The van der Waals surface area contributed by atoms with Crippen LogP contribution in [0.25, 0.3) is 11.3 Å². The molecule has 7 heteroatoms. The van der Waals surface area contributed by atoms with Gasteiger partial charge in [0, 0.05) is 50.8 Å². The summed E-state index contributed by atoms with van der Waals surface area (Å²) in [4.78, 5) is 34.6. The number of aromatic amines is 1. The number of likely N-dealkylation sites (tertiary alicyclic amines) is 1. The summed E-state index contributed by atoms with van der Waals surface area (Å²) >= 11 is 0. The van der Waals surface area contributed by atoms with E-state index in [9.17, 15) is 9.59 Å². The van der Waals surface area contributed by atoms with Crippen molar-refractivity contribution in [3.8, 4) is 11.3 Å². The summed E-state index contributed by atoms with van der Waals surface area (Å²) in [5.74, 6) is -0.0830. The van der Waals surface area contributed by atoms with Gasteiger partial charge in [-0.1, -0.05) is 6.58 Å². The monoisotopic (exact) mass is 339 g/mol. The van der Waals surface area contributed by atoms with Gasteiger partial charge in [-0.05, 0) is 24.3 Å². The summed E-state index contributed by atoms with van der Waals surface area (Å²) in [5, 5.41) is 3.08. The molecule has 3 rings (SSSR count). The van der Waals surface area contributed by atoms with Gasteiger partial charge in [0.2, 0.25) is 5.91 Å². The maximum Gasteiger partial charge on any atom is 0.271 e. The van der Waals surface area contributed by atoms with Crippen molar-refractivity contribution in [1.82, 2.24) is 14.9 Å². The predicted molar refractivity (Wildman–Crippen MR) is 98.8 cm³/mol. The topological polar surface area (TPSA) is 81.3 Å². The van der Waals surface area contributed by atoms with Crippen LogP contribution in [0, 0.1) is 0 Å². The highest BCUT2D eigenvalue weighted by molar-refractivity contribution is 5.87. The summed E-state index contributed by atoms with van der Waals surface area (Å²) in [6.45, 7) is 4.66. The van der Waals surface area contributed by atoms with Crippen LogP contribution in [0.2, 0.25) is 0 Å². The number of nitrogens with one attached hydrogen (secondary N) is 2. The van der Waals surface area contributed by atoms with Crippen LogP contribution in [0.15, 0.2) is 48.0 Å². The quantitative estimate of drug-likeness (QED) is 0.803. The lowest BCUT2D eigenvalue weighted by molar-refractivity contribution is -0.130. The lowest BCUT2D eigenvalue weighted by Crippen LogP contribution is -2.60. The Labute approximate surface area is 146 Å². The normalized spacial score (nSPS) is 13.9. The molecule has 0 bridgehead atoms. The Kier molecular flexibility index (Phi) is 4.56. The zero-order valence-corrected chi connectivity index (χ0v) is 14.3. The number of hydrogen-bond acceptors (Lipinski definition) is 5. The zero-order valence-electron chi connectivity index (χ0n) is 14.3. The van der Waals surface area contributed by atoms with E-state index >= 15 is 0 Å². The Morgan fingerprint density at radius 2 is 2.24 bits per heavy atom. The molecular weight excluding hydrogens is 318 g/mol. The SMILES string of the molecule is C=CC(=O)N1CC(N(C)c2cc(-c3cc(NC)ccn3)c[nH]c2=O)C1. The molecule has 1 amide bonds. The van der Waals surface area contributed by atoms with Crippen LogP contribution < -0.4 is 15.8 Å². The van der Waals surface area contributed by atoms with Crippen LogP contribution >= 0.6 is 0 Å². The summed E-state index contributed by atoms with van der Waals surface area (Å²) in [6.07, 6.45) is 4.69. The third kappa shape index (κ3) is 3.26. The molecule has 1 aliphatic heterocycles. The molecule has 2 aromatic heterocycles. The molecule has 0 aliphatic carbocycles. The average molecular weight is 339 g/mol. The summed E-state index contributed by atoms with van der Waals surface area (Å²) in [5.41, 5.74) is 2.95. The van der Waals surface area contributed by atoms with E-state index in [0.29, 0.717) is 18.8 Å². The number of rotatable bonds is 5. The fourth-order valence-electron chi connectivity index (χ4n) is 2.83. The Balaban J connectivity index is 1.84. The Bertz CT molecular complexity index is 855. The maximum absolute atomic E-state index is 12.3. The summed E-state index contributed by atoms with van der Waals surface area (Å²) in [6, 6.07) is 5.74. The van der Waals surface area contributed by atoms with Crippen molar-refractivity contribution in [2.75, 3.05) is 37.4 Å². The van der Waals surface area contributed by atoms with Crippen LogP contribution in [-0.2, 0) is 4.79 Å². The largest absolute Gasteiger partial charge is 0.388 e. The number of hydrogen-bond donors (Lipinski definition) is 2. The highest BCUT2D eigenvalue weighted by atomic mass is 16.2. The first-order valence-corrected chi connectivity index (χ1v) is 8.04. The predicted octanol–water partition coefficient (Wildman–Crippen LogP) is 1.31. The third-order valence-electron chi connectivity index (χ3n) is 4.50. The van der Waals surface area contributed by atoms with Crippen molar-refractivity contribution < 1.29 is 4.79 Å². The fourth-order valence-corrected chi connectivity index (χ4v) is 2.83. The minimum absolute atomic E-state index is 0.0830. The molecule has 1 saturated heterocycles. The molecular formula is C18H21N5O2. The van der Waals surface area contributed by atoms with Crippen molar-refractivity contribution in [3.05, 3.63) is 53.6 Å². The lowest BCUT2D eigenvalue weighted by Gasteiger charge is -2.44. The number of carbonyl (C=O) groups is 1. The zero-order chi connectivity index (χ0) is 18.0. The number of aromatic nitrogens is 2. The van der Waals surface area contributed by atoms with Gasteiger partial charge in [0.05, 0.1) is 11.7 Å². The summed E-state index contributed by atoms with van der Waals surface area (Å²) in [7, 11) is 3.71. The third-order valence-corrected chi connectivity index (χ3v) is 4.50. The van der Waals surface area contributed by atoms with Gasteiger partial charge in [-0.3, -0.25) is 14.6 Å². The van der Waals surface area contributed by atoms with Crippen molar-refractivity contribution in [2.24, 2.45) is 0 Å². The number of carbonyl (C=O) groups excluding carboxylic acids is 1. The second-order valence-corrected chi connectivity index (χ2v) is 5.99. The molecule has 3 heterocycles. The van der Waals surface area contributed by atoms with Gasteiger partial charge >= 0.3 is 0 Å². The summed E-state index contributed by atoms with van der Waals surface area (Å²) < 4.78 is 0. The highest BCUT2D eigenvalue weighted by Crippen LogP contribution is 2.24. The molecule has 0 unspecified atom stereocenters. The molecule has 0 aromatic carbocycles. The first kappa shape index (κ1) is 16.8. The molecule has 7 nitrogen and oxygen atoms in total. The number of anilines is 2. The van der Waals surface area contributed by atoms with Crippen LogP contribution in [0.4, 0.5) is 11.4 Å². The lowest BCUT2D eigenvalue weighted by atomic mass is 10.1. The number of amides is 1. The van der Waals surface area contributed by atoms with Gasteiger partial charge < -0.3 is 20.1 Å². The molecule has 130 valence electrons. The van der Waals surface area contributed by atoms with Crippen molar-refractivity contribution in [1.29, 1.82) is 0 Å². The maximum atomic E-state index is 12.3. The van der Waals surface area contributed by atoms with Crippen molar-refractivity contribution in [2.45, 2.75) is 6.04 Å². The second-order valence-electron chi connectivity index (χ2n) is 5.99. The Morgan fingerprint density at radius 3 is 2.92 bits per heavy atom. The van der Waals surface area contributed by atoms with E-state index in [1.807, 2.05) is 37.2 Å².